The molecule has 3 amide bonds. The Morgan fingerprint density at radius 3 is 2.08 bits per heavy atom. The van der Waals surface area contributed by atoms with Gasteiger partial charge < -0.3 is 15.5 Å². The Hall–Kier alpha value is -4.14. The summed E-state index contributed by atoms with van der Waals surface area (Å²) in [5, 5.41) is 5.75. The van der Waals surface area contributed by atoms with E-state index in [4.69, 9.17) is 0 Å². The van der Waals surface area contributed by atoms with Crippen LogP contribution in [0.3, 0.4) is 0 Å². The van der Waals surface area contributed by atoms with Gasteiger partial charge in [-0.2, -0.15) is 13.2 Å². The number of carbonyl (C=O) groups is 3. The number of hydrogen-bond acceptors (Lipinski definition) is 3. The van der Waals surface area contributed by atoms with Gasteiger partial charge in [-0.05, 0) is 54.7 Å². The van der Waals surface area contributed by atoms with Crippen LogP contribution in [0.1, 0.15) is 44.7 Å². The van der Waals surface area contributed by atoms with Gasteiger partial charge in [0, 0.05) is 30.8 Å². The predicted molar refractivity (Wildman–Crippen MR) is 136 cm³/mol. The lowest BCUT2D eigenvalue weighted by Crippen LogP contribution is -2.53. The second kappa shape index (κ2) is 11.9. The molecule has 3 aromatic carbocycles. The average Bonchev–Trinajstić information content (AvgIpc) is 2.95. The number of hydrogen-bond donors (Lipinski definition) is 2. The number of piperidine rings is 1. The zero-order valence-electron chi connectivity index (χ0n) is 20.6. The minimum absolute atomic E-state index is 0.0344. The van der Waals surface area contributed by atoms with Crippen molar-refractivity contribution in [3.05, 3.63) is 107 Å². The van der Waals surface area contributed by atoms with Gasteiger partial charge in [-0.25, -0.2) is 0 Å². The van der Waals surface area contributed by atoms with Crippen LogP contribution in [0.5, 0.6) is 0 Å². The molecule has 1 heterocycles. The van der Waals surface area contributed by atoms with E-state index in [0.717, 1.165) is 17.7 Å². The minimum atomic E-state index is -4.54. The van der Waals surface area contributed by atoms with E-state index < -0.39 is 23.7 Å². The lowest BCUT2D eigenvalue weighted by Gasteiger charge is -2.36. The Labute approximate surface area is 218 Å². The summed E-state index contributed by atoms with van der Waals surface area (Å²) in [5.41, 5.74) is 0.422. The Balaban J connectivity index is 1.44. The summed E-state index contributed by atoms with van der Waals surface area (Å²) in [6.45, 7) is 0.803. The summed E-state index contributed by atoms with van der Waals surface area (Å²) in [5.74, 6) is -1.47. The van der Waals surface area contributed by atoms with Crippen LogP contribution in [0.15, 0.2) is 84.9 Å². The maximum atomic E-state index is 13.2. The molecule has 0 unspecified atom stereocenters. The van der Waals surface area contributed by atoms with Gasteiger partial charge in [-0.3, -0.25) is 14.4 Å². The first-order valence-electron chi connectivity index (χ1n) is 12.4. The summed E-state index contributed by atoms with van der Waals surface area (Å²) in [6.07, 6.45) is -3.73. The molecule has 0 bridgehead atoms. The number of alkyl halides is 3. The van der Waals surface area contributed by atoms with Crippen LogP contribution in [-0.2, 0) is 17.5 Å². The molecular weight excluding hydrogens is 495 g/mol. The maximum absolute atomic E-state index is 13.2. The standard InChI is InChI=1S/C29H28F3N3O3/c30-29(31,32)24-13-7-12-23(18-24)28(38)35-16-14-21(15-17-35)25(34-26(36)22-10-5-2-6-11-22)27(37)33-19-20-8-3-1-4-9-20/h1-13,18,21,25H,14-17,19H2,(H,33,37)(H,34,36)/t25-/m0/s1. The first-order valence-corrected chi connectivity index (χ1v) is 12.4. The molecule has 0 aromatic heterocycles. The van der Waals surface area contributed by atoms with Crippen LogP contribution in [0.2, 0.25) is 0 Å². The van der Waals surface area contributed by atoms with Crippen molar-refractivity contribution in [1.29, 1.82) is 0 Å². The van der Waals surface area contributed by atoms with E-state index in [2.05, 4.69) is 10.6 Å². The third-order valence-electron chi connectivity index (χ3n) is 6.65. The monoisotopic (exact) mass is 523 g/mol. The summed E-state index contributed by atoms with van der Waals surface area (Å²) < 4.78 is 39.3. The molecule has 1 aliphatic rings. The van der Waals surface area contributed by atoms with Crippen LogP contribution in [0.25, 0.3) is 0 Å². The van der Waals surface area contributed by atoms with Crippen molar-refractivity contribution in [2.45, 2.75) is 31.6 Å². The smallest absolute Gasteiger partial charge is 0.350 e. The van der Waals surface area contributed by atoms with Gasteiger partial charge in [0.2, 0.25) is 5.91 Å². The van der Waals surface area contributed by atoms with E-state index in [1.807, 2.05) is 30.3 Å². The molecule has 6 nitrogen and oxygen atoms in total. The Bertz CT molecular complexity index is 1260. The summed E-state index contributed by atoms with van der Waals surface area (Å²) in [4.78, 5) is 40.5. The highest BCUT2D eigenvalue weighted by molar-refractivity contribution is 5.97. The molecule has 198 valence electrons. The average molecular weight is 524 g/mol. The fourth-order valence-electron chi connectivity index (χ4n) is 4.55. The molecule has 0 aliphatic carbocycles. The first-order chi connectivity index (χ1) is 18.2. The van der Waals surface area contributed by atoms with E-state index in [0.29, 0.717) is 24.9 Å². The number of nitrogens with zero attached hydrogens (tertiary/aromatic N) is 1. The largest absolute Gasteiger partial charge is 0.416 e. The van der Waals surface area contributed by atoms with Crippen molar-refractivity contribution < 1.29 is 27.6 Å². The highest BCUT2D eigenvalue weighted by atomic mass is 19.4. The maximum Gasteiger partial charge on any atom is 0.416 e. The van der Waals surface area contributed by atoms with Gasteiger partial charge in [-0.1, -0.05) is 54.6 Å². The molecule has 38 heavy (non-hydrogen) atoms. The van der Waals surface area contributed by atoms with Gasteiger partial charge in [0.15, 0.2) is 0 Å². The van der Waals surface area contributed by atoms with Crippen molar-refractivity contribution in [3.8, 4) is 0 Å². The number of likely N-dealkylation sites (tertiary alicyclic amines) is 1. The van der Waals surface area contributed by atoms with E-state index in [1.54, 1.807) is 30.3 Å². The summed E-state index contributed by atoms with van der Waals surface area (Å²) in [6, 6.07) is 21.5. The van der Waals surface area contributed by atoms with E-state index >= 15 is 0 Å². The van der Waals surface area contributed by atoms with E-state index in [1.165, 1.54) is 17.0 Å². The normalized spacial score (nSPS) is 15.0. The summed E-state index contributed by atoms with van der Waals surface area (Å²) in [7, 11) is 0. The predicted octanol–water partition coefficient (Wildman–Crippen LogP) is 4.67. The molecule has 3 aromatic rings. The summed E-state index contributed by atoms with van der Waals surface area (Å²) >= 11 is 0. The van der Waals surface area contributed by atoms with Crippen LogP contribution in [0.4, 0.5) is 13.2 Å². The first kappa shape index (κ1) is 26.9. The van der Waals surface area contributed by atoms with Crippen molar-refractivity contribution in [1.82, 2.24) is 15.5 Å². The van der Waals surface area contributed by atoms with Gasteiger partial charge in [0.05, 0.1) is 5.56 Å². The van der Waals surface area contributed by atoms with Gasteiger partial charge in [-0.15, -0.1) is 0 Å². The highest BCUT2D eigenvalue weighted by Crippen LogP contribution is 2.30. The molecule has 1 aliphatic heterocycles. The Morgan fingerprint density at radius 2 is 1.45 bits per heavy atom. The molecule has 0 spiro atoms. The number of rotatable bonds is 7. The molecule has 1 saturated heterocycles. The molecule has 1 atom stereocenters. The Morgan fingerprint density at radius 1 is 0.842 bits per heavy atom. The van der Waals surface area contributed by atoms with Crippen molar-refractivity contribution >= 4 is 17.7 Å². The highest BCUT2D eigenvalue weighted by Gasteiger charge is 2.35. The molecule has 0 radical (unpaired) electrons. The van der Waals surface area contributed by atoms with Crippen LogP contribution < -0.4 is 10.6 Å². The quantitative estimate of drug-likeness (QED) is 0.473. The van der Waals surface area contributed by atoms with Crippen LogP contribution in [-0.4, -0.2) is 41.8 Å². The fraction of sp³-hybridized carbons (Fsp3) is 0.276. The van der Waals surface area contributed by atoms with Gasteiger partial charge >= 0.3 is 6.18 Å². The van der Waals surface area contributed by atoms with E-state index in [-0.39, 0.29) is 36.4 Å². The SMILES string of the molecule is O=C(N[C@H](C(=O)NCc1ccccc1)C1CCN(C(=O)c2cccc(C(F)(F)F)c2)CC1)c1ccccc1. The number of nitrogens with one attached hydrogen (secondary N) is 2. The molecular formula is C29H28F3N3O3. The number of halogens is 3. The topological polar surface area (TPSA) is 78.5 Å². The molecule has 2 N–H and O–H groups in total. The van der Waals surface area contributed by atoms with Gasteiger partial charge in [0.25, 0.3) is 11.8 Å². The molecule has 9 heteroatoms. The van der Waals surface area contributed by atoms with E-state index in [9.17, 15) is 27.6 Å². The Kier molecular flexibility index (Phi) is 8.45. The molecule has 4 rings (SSSR count). The third kappa shape index (κ3) is 6.79. The van der Waals surface area contributed by atoms with Crippen molar-refractivity contribution in [3.63, 3.8) is 0 Å². The van der Waals surface area contributed by atoms with Crippen LogP contribution in [0, 0.1) is 5.92 Å². The number of benzene rings is 3. The zero-order valence-corrected chi connectivity index (χ0v) is 20.6. The minimum Gasteiger partial charge on any atom is -0.350 e. The van der Waals surface area contributed by atoms with Crippen molar-refractivity contribution in [2.24, 2.45) is 5.92 Å². The number of carbonyl (C=O) groups excluding carboxylic acids is 3. The third-order valence-corrected chi connectivity index (χ3v) is 6.65. The van der Waals surface area contributed by atoms with Crippen LogP contribution >= 0.6 is 0 Å². The number of amides is 3. The van der Waals surface area contributed by atoms with Crippen molar-refractivity contribution in [2.75, 3.05) is 13.1 Å². The second-order valence-corrected chi connectivity index (χ2v) is 9.23. The fourth-order valence-corrected chi connectivity index (χ4v) is 4.55. The molecule has 1 fully saturated rings. The second-order valence-electron chi connectivity index (χ2n) is 9.23. The zero-order chi connectivity index (χ0) is 27.1. The molecule has 0 saturated carbocycles. The lowest BCUT2D eigenvalue weighted by molar-refractivity contribution is -0.137. The lowest BCUT2D eigenvalue weighted by atomic mass is 9.88. The van der Waals surface area contributed by atoms with Gasteiger partial charge in [0.1, 0.15) is 6.04 Å².